The van der Waals surface area contributed by atoms with Crippen molar-refractivity contribution in [3.63, 3.8) is 0 Å². The second kappa shape index (κ2) is 8.58. The van der Waals surface area contributed by atoms with Crippen LogP contribution in [0.4, 0.5) is 6.01 Å². The maximum Gasteiger partial charge on any atom is 0.322 e. The van der Waals surface area contributed by atoms with E-state index in [1.165, 1.54) is 15.6 Å². The van der Waals surface area contributed by atoms with E-state index < -0.39 is 10.0 Å². The lowest BCUT2D eigenvalue weighted by Crippen LogP contribution is -2.41. The van der Waals surface area contributed by atoms with Crippen molar-refractivity contribution < 1.29 is 17.6 Å². The second-order valence-corrected chi connectivity index (χ2v) is 11.4. The molecule has 0 saturated carbocycles. The molecule has 4 rings (SSSR count). The molecule has 0 spiro atoms. The van der Waals surface area contributed by atoms with Crippen molar-refractivity contribution >= 4 is 49.2 Å². The predicted molar refractivity (Wildman–Crippen MR) is 117 cm³/mol. The Labute approximate surface area is 186 Å². The normalized spacial score (nSPS) is 15.9. The zero-order valence-corrected chi connectivity index (χ0v) is 19.3. The van der Waals surface area contributed by atoms with Gasteiger partial charge in [0.1, 0.15) is 0 Å². The molecule has 0 bridgehead atoms. The van der Waals surface area contributed by atoms with E-state index in [-0.39, 0.29) is 35.8 Å². The number of thiophene rings is 1. The number of aryl methyl sites for hydroxylation is 1. The Kier molecular flexibility index (Phi) is 6.05. The lowest BCUT2D eigenvalue weighted by Gasteiger charge is -2.30. The summed E-state index contributed by atoms with van der Waals surface area (Å²) in [6.45, 7) is 2.48. The molecule has 8 nitrogen and oxygen atoms in total. The lowest BCUT2D eigenvalue weighted by molar-refractivity contribution is -0.121. The first-order chi connectivity index (χ1) is 14.3. The second-order valence-electron chi connectivity index (χ2n) is 7.00. The number of nitrogens with one attached hydrogen (secondary N) is 1. The first-order valence-corrected chi connectivity index (χ1v) is 12.3. The number of nitrogens with zero attached hydrogens (tertiary/aromatic N) is 3. The van der Waals surface area contributed by atoms with E-state index in [9.17, 15) is 13.2 Å². The van der Waals surface area contributed by atoms with Crippen LogP contribution in [-0.2, 0) is 14.8 Å². The van der Waals surface area contributed by atoms with Crippen molar-refractivity contribution in [1.82, 2.24) is 14.5 Å². The van der Waals surface area contributed by atoms with Crippen LogP contribution < -0.4 is 5.32 Å². The van der Waals surface area contributed by atoms with Crippen LogP contribution in [0.2, 0.25) is 0 Å². The number of anilines is 1. The fraction of sp³-hybridized carbons (Fsp3) is 0.316. The number of rotatable bonds is 5. The summed E-state index contributed by atoms with van der Waals surface area (Å²) in [4.78, 5) is 13.6. The fourth-order valence-corrected chi connectivity index (χ4v) is 6.00. The Morgan fingerprint density at radius 3 is 2.50 bits per heavy atom. The number of benzene rings is 1. The maximum absolute atomic E-state index is 12.8. The van der Waals surface area contributed by atoms with Crippen molar-refractivity contribution in [3.05, 3.63) is 45.7 Å². The number of sulfonamides is 1. The van der Waals surface area contributed by atoms with E-state index >= 15 is 0 Å². The lowest BCUT2D eigenvalue weighted by atomic mass is 9.97. The van der Waals surface area contributed by atoms with E-state index in [0.29, 0.717) is 18.7 Å². The highest BCUT2D eigenvalue weighted by Gasteiger charge is 2.32. The number of aromatic nitrogens is 2. The van der Waals surface area contributed by atoms with Crippen LogP contribution in [0.15, 0.2) is 49.5 Å². The van der Waals surface area contributed by atoms with E-state index in [1.54, 1.807) is 24.3 Å². The smallest absolute Gasteiger partial charge is 0.322 e. The first-order valence-electron chi connectivity index (χ1n) is 9.30. The van der Waals surface area contributed by atoms with Gasteiger partial charge in [0.05, 0.1) is 13.6 Å². The molecule has 1 fully saturated rings. The molecular formula is C19H19BrN4O4S2. The number of amides is 1. The third-order valence-corrected chi connectivity index (χ3v) is 8.45. The van der Waals surface area contributed by atoms with Gasteiger partial charge < -0.3 is 4.42 Å². The average Bonchev–Trinajstić information content (AvgIpc) is 3.37. The van der Waals surface area contributed by atoms with Crippen molar-refractivity contribution in [1.29, 1.82) is 0 Å². The van der Waals surface area contributed by atoms with Crippen LogP contribution in [0, 0.1) is 12.8 Å². The van der Waals surface area contributed by atoms with Gasteiger partial charge in [-0.05, 0) is 60.0 Å². The summed E-state index contributed by atoms with van der Waals surface area (Å²) in [5.74, 6) is -0.231. The molecule has 158 valence electrons. The number of carbonyl (C=O) groups is 1. The van der Waals surface area contributed by atoms with Gasteiger partial charge in [0.2, 0.25) is 15.9 Å². The van der Waals surface area contributed by atoms with Crippen molar-refractivity contribution in [2.24, 2.45) is 5.92 Å². The minimum Gasteiger partial charge on any atom is -0.402 e. The molecule has 1 aromatic carbocycles. The molecule has 3 heterocycles. The Hall–Kier alpha value is -2.08. The molecular weight excluding hydrogens is 492 g/mol. The van der Waals surface area contributed by atoms with Gasteiger partial charge in [0.15, 0.2) is 0 Å². The van der Waals surface area contributed by atoms with Crippen LogP contribution in [-0.4, -0.2) is 41.9 Å². The SMILES string of the molecule is Cc1ccc(S(=O)(=O)N2CCC(C(=O)Nc3nnc(-c4ccc(Br)s4)o3)CC2)cc1. The molecule has 0 aliphatic carbocycles. The predicted octanol–water partition coefficient (Wildman–Crippen LogP) is 3.91. The molecule has 1 aliphatic rings. The standard InChI is InChI=1S/C19H19BrN4O4S2/c1-12-2-4-14(5-3-12)30(26,27)24-10-8-13(9-11-24)17(25)21-19-23-22-18(28-19)15-6-7-16(20)29-15/h2-7,13H,8-11H2,1H3,(H,21,23,25). The molecule has 1 N–H and O–H groups in total. The van der Waals surface area contributed by atoms with Crippen LogP contribution in [0.3, 0.4) is 0 Å². The molecule has 0 radical (unpaired) electrons. The average molecular weight is 511 g/mol. The molecule has 2 aromatic heterocycles. The fourth-order valence-electron chi connectivity index (χ4n) is 3.23. The summed E-state index contributed by atoms with van der Waals surface area (Å²) in [5.41, 5.74) is 1.00. The quantitative estimate of drug-likeness (QED) is 0.557. The van der Waals surface area contributed by atoms with E-state index in [2.05, 4.69) is 31.4 Å². The van der Waals surface area contributed by atoms with Crippen LogP contribution in [0.25, 0.3) is 10.8 Å². The third kappa shape index (κ3) is 4.48. The maximum atomic E-state index is 12.8. The molecule has 11 heteroatoms. The van der Waals surface area contributed by atoms with Gasteiger partial charge in [0, 0.05) is 19.0 Å². The molecule has 1 saturated heterocycles. The summed E-state index contributed by atoms with van der Waals surface area (Å²) in [6.07, 6.45) is 0.853. The van der Waals surface area contributed by atoms with Gasteiger partial charge >= 0.3 is 6.01 Å². The van der Waals surface area contributed by atoms with E-state index in [4.69, 9.17) is 4.42 Å². The summed E-state index contributed by atoms with van der Waals surface area (Å²) in [6, 6.07) is 10.5. The highest BCUT2D eigenvalue weighted by Crippen LogP contribution is 2.31. The number of hydrogen-bond acceptors (Lipinski definition) is 7. The Balaban J connectivity index is 1.35. The zero-order valence-electron chi connectivity index (χ0n) is 16.0. The van der Waals surface area contributed by atoms with Gasteiger partial charge in [-0.3, -0.25) is 10.1 Å². The molecule has 1 amide bonds. The molecule has 0 unspecified atom stereocenters. The molecule has 0 atom stereocenters. The largest absolute Gasteiger partial charge is 0.402 e. The van der Waals surface area contributed by atoms with Gasteiger partial charge in [-0.2, -0.15) is 4.31 Å². The number of halogens is 1. The van der Waals surface area contributed by atoms with Gasteiger partial charge in [-0.1, -0.05) is 22.8 Å². The minimum absolute atomic E-state index is 0.0363. The van der Waals surface area contributed by atoms with Crippen LogP contribution >= 0.6 is 27.3 Å². The molecule has 3 aromatic rings. The monoisotopic (exact) mass is 510 g/mol. The van der Waals surface area contributed by atoms with E-state index in [1.807, 2.05) is 19.1 Å². The first kappa shape index (κ1) is 21.2. The summed E-state index contributed by atoms with van der Waals surface area (Å²) < 4.78 is 33.5. The van der Waals surface area contributed by atoms with Gasteiger partial charge in [0.25, 0.3) is 5.89 Å². The van der Waals surface area contributed by atoms with Crippen molar-refractivity contribution in [2.75, 3.05) is 18.4 Å². The van der Waals surface area contributed by atoms with E-state index in [0.717, 1.165) is 14.2 Å². The Morgan fingerprint density at radius 1 is 1.17 bits per heavy atom. The molecule has 30 heavy (non-hydrogen) atoms. The highest BCUT2D eigenvalue weighted by atomic mass is 79.9. The third-order valence-electron chi connectivity index (χ3n) is 4.92. The Morgan fingerprint density at radius 2 is 1.87 bits per heavy atom. The van der Waals surface area contributed by atoms with Gasteiger partial charge in [-0.15, -0.1) is 16.4 Å². The highest BCUT2D eigenvalue weighted by molar-refractivity contribution is 9.11. The van der Waals surface area contributed by atoms with Crippen LogP contribution in [0.1, 0.15) is 18.4 Å². The summed E-state index contributed by atoms with van der Waals surface area (Å²) in [5, 5.41) is 10.5. The summed E-state index contributed by atoms with van der Waals surface area (Å²) in [7, 11) is -3.55. The van der Waals surface area contributed by atoms with Crippen molar-refractivity contribution in [3.8, 4) is 10.8 Å². The Bertz CT molecular complexity index is 1150. The van der Waals surface area contributed by atoms with Crippen molar-refractivity contribution in [2.45, 2.75) is 24.7 Å². The number of hydrogen-bond donors (Lipinski definition) is 1. The number of piperidine rings is 1. The molecule has 1 aliphatic heterocycles. The van der Waals surface area contributed by atoms with Crippen LogP contribution in [0.5, 0.6) is 0 Å². The summed E-state index contributed by atoms with van der Waals surface area (Å²) >= 11 is 4.83. The topological polar surface area (TPSA) is 105 Å². The minimum atomic E-state index is -3.55. The zero-order chi connectivity index (χ0) is 21.3. The van der Waals surface area contributed by atoms with Gasteiger partial charge in [-0.25, -0.2) is 8.42 Å². The number of carbonyl (C=O) groups excluding carboxylic acids is 1.